The van der Waals surface area contributed by atoms with Crippen LogP contribution >= 0.6 is 0 Å². The van der Waals surface area contributed by atoms with E-state index in [-0.39, 0.29) is 18.1 Å². The molecule has 1 aliphatic carbocycles. The predicted octanol–water partition coefficient (Wildman–Crippen LogP) is 0.526. The van der Waals surface area contributed by atoms with Crippen LogP contribution in [-0.2, 0) is 9.53 Å². The van der Waals surface area contributed by atoms with Crippen LogP contribution in [0.15, 0.2) is 0 Å². The minimum atomic E-state index is -0.0631. The van der Waals surface area contributed by atoms with Crippen LogP contribution in [0.3, 0.4) is 0 Å². The van der Waals surface area contributed by atoms with Gasteiger partial charge in [-0.05, 0) is 24.2 Å². The molecule has 0 aromatic heterocycles. The van der Waals surface area contributed by atoms with Crippen molar-refractivity contribution in [2.45, 2.75) is 38.8 Å². The van der Waals surface area contributed by atoms with E-state index in [9.17, 15) is 4.79 Å². The second-order valence-electron chi connectivity index (χ2n) is 5.69. The highest BCUT2D eigenvalue weighted by Gasteiger charge is 2.45. The molecule has 4 heteroatoms. The Kier molecular flexibility index (Phi) is 3.22. The third-order valence-electron chi connectivity index (χ3n) is 3.98. The first-order valence-corrected chi connectivity index (χ1v) is 6.07. The number of carbonyl (C=O) groups excluding carboxylic acids is 1. The number of carbonyl (C=O) groups is 1. The van der Waals surface area contributed by atoms with Crippen LogP contribution in [0.1, 0.15) is 26.7 Å². The molecule has 0 bridgehead atoms. The van der Waals surface area contributed by atoms with Gasteiger partial charge in [0.25, 0.3) is 0 Å². The lowest BCUT2D eigenvalue weighted by Crippen LogP contribution is -2.41. The zero-order valence-electron chi connectivity index (χ0n) is 10.4. The van der Waals surface area contributed by atoms with Crippen molar-refractivity contribution in [1.82, 2.24) is 10.6 Å². The quantitative estimate of drug-likeness (QED) is 0.735. The molecule has 4 nitrogen and oxygen atoms in total. The topological polar surface area (TPSA) is 50.4 Å². The van der Waals surface area contributed by atoms with Crippen molar-refractivity contribution in [3.63, 3.8) is 0 Å². The zero-order chi connectivity index (χ0) is 11.8. The third kappa shape index (κ3) is 2.55. The number of hydrogen-bond donors (Lipinski definition) is 2. The Balaban J connectivity index is 1.69. The summed E-state index contributed by atoms with van der Waals surface area (Å²) in [6.07, 6.45) is 2.20. The summed E-state index contributed by atoms with van der Waals surface area (Å²) >= 11 is 0. The lowest BCUT2D eigenvalue weighted by Gasteiger charge is -2.11. The highest BCUT2D eigenvalue weighted by molar-refractivity contribution is 5.82. The van der Waals surface area contributed by atoms with E-state index in [1.807, 2.05) is 0 Å². The average Bonchev–Trinajstić information content (AvgIpc) is 2.69. The van der Waals surface area contributed by atoms with Crippen LogP contribution in [0.5, 0.6) is 0 Å². The summed E-state index contributed by atoms with van der Waals surface area (Å²) in [5, 5.41) is 6.22. The van der Waals surface area contributed by atoms with Gasteiger partial charge in [-0.15, -0.1) is 0 Å². The molecule has 0 radical (unpaired) electrons. The van der Waals surface area contributed by atoms with Crippen molar-refractivity contribution in [2.24, 2.45) is 11.3 Å². The van der Waals surface area contributed by atoms with Gasteiger partial charge in [0, 0.05) is 20.2 Å². The van der Waals surface area contributed by atoms with E-state index in [2.05, 4.69) is 24.5 Å². The number of amides is 1. The van der Waals surface area contributed by atoms with E-state index in [4.69, 9.17) is 4.74 Å². The standard InChI is InChI=1S/C12H22N2O2/c1-12(2)5-8(12)6-14-11(15)10-4-9(16-3)7-13-10/h8-10,13H,4-7H2,1-3H3,(H,14,15). The van der Waals surface area contributed by atoms with Crippen molar-refractivity contribution in [3.8, 4) is 0 Å². The predicted molar refractivity (Wildman–Crippen MR) is 62.1 cm³/mol. The lowest BCUT2D eigenvalue weighted by atomic mass is 10.1. The van der Waals surface area contributed by atoms with E-state index < -0.39 is 0 Å². The number of nitrogens with one attached hydrogen (secondary N) is 2. The Bertz CT molecular complexity index is 278. The molecule has 1 heterocycles. The van der Waals surface area contributed by atoms with Crippen molar-refractivity contribution in [3.05, 3.63) is 0 Å². The monoisotopic (exact) mass is 226 g/mol. The molecule has 0 spiro atoms. The van der Waals surface area contributed by atoms with Crippen LogP contribution < -0.4 is 10.6 Å². The zero-order valence-corrected chi connectivity index (χ0v) is 10.4. The van der Waals surface area contributed by atoms with Gasteiger partial charge in [0.1, 0.15) is 0 Å². The molecular formula is C12H22N2O2. The summed E-state index contributed by atoms with van der Waals surface area (Å²) < 4.78 is 5.22. The van der Waals surface area contributed by atoms with Crippen LogP contribution in [-0.4, -0.2) is 38.3 Å². The Labute approximate surface area is 97.1 Å². The van der Waals surface area contributed by atoms with Gasteiger partial charge in [0.05, 0.1) is 12.1 Å². The molecule has 0 aromatic carbocycles. The maximum absolute atomic E-state index is 11.8. The van der Waals surface area contributed by atoms with Crippen molar-refractivity contribution in [1.29, 1.82) is 0 Å². The Morgan fingerprint density at radius 3 is 2.75 bits per heavy atom. The molecule has 2 fully saturated rings. The molecule has 3 atom stereocenters. The molecule has 1 saturated carbocycles. The van der Waals surface area contributed by atoms with Gasteiger partial charge in [-0.2, -0.15) is 0 Å². The largest absolute Gasteiger partial charge is 0.380 e. The number of methoxy groups -OCH3 is 1. The number of ether oxygens (including phenoxy) is 1. The van der Waals surface area contributed by atoms with Gasteiger partial charge >= 0.3 is 0 Å². The first-order valence-electron chi connectivity index (χ1n) is 6.07. The number of hydrogen-bond acceptors (Lipinski definition) is 3. The van der Waals surface area contributed by atoms with Gasteiger partial charge < -0.3 is 15.4 Å². The maximum atomic E-state index is 11.8. The molecule has 2 rings (SSSR count). The fourth-order valence-electron chi connectivity index (χ4n) is 2.35. The van der Waals surface area contributed by atoms with Gasteiger partial charge in [-0.25, -0.2) is 0 Å². The van der Waals surface area contributed by atoms with E-state index in [0.29, 0.717) is 11.3 Å². The molecule has 16 heavy (non-hydrogen) atoms. The number of rotatable bonds is 4. The normalized spacial score (nSPS) is 36.1. The maximum Gasteiger partial charge on any atom is 0.237 e. The summed E-state index contributed by atoms with van der Waals surface area (Å²) in [7, 11) is 1.69. The lowest BCUT2D eigenvalue weighted by molar-refractivity contribution is -0.123. The van der Waals surface area contributed by atoms with Crippen LogP contribution in [0.4, 0.5) is 0 Å². The molecule has 2 N–H and O–H groups in total. The molecule has 1 aliphatic heterocycles. The highest BCUT2D eigenvalue weighted by atomic mass is 16.5. The summed E-state index contributed by atoms with van der Waals surface area (Å²) in [5.74, 6) is 0.790. The van der Waals surface area contributed by atoms with Gasteiger partial charge in [0.15, 0.2) is 0 Å². The first-order chi connectivity index (χ1) is 7.53. The van der Waals surface area contributed by atoms with Crippen LogP contribution in [0.25, 0.3) is 0 Å². The summed E-state index contributed by atoms with van der Waals surface area (Å²) in [5.41, 5.74) is 0.436. The SMILES string of the molecule is COC1CNC(C(=O)NCC2CC2(C)C)C1. The van der Waals surface area contributed by atoms with Gasteiger partial charge in [0.2, 0.25) is 5.91 Å². The summed E-state index contributed by atoms with van der Waals surface area (Å²) in [6, 6.07) is -0.0631. The van der Waals surface area contributed by atoms with Gasteiger partial charge in [-0.1, -0.05) is 13.8 Å². The smallest absolute Gasteiger partial charge is 0.237 e. The molecular weight excluding hydrogens is 204 g/mol. The van der Waals surface area contributed by atoms with E-state index in [0.717, 1.165) is 19.5 Å². The minimum Gasteiger partial charge on any atom is -0.380 e. The van der Waals surface area contributed by atoms with Crippen molar-refractivity contribution in [2.75, 3.05) is 20.2 Å². The third-order valence-corrected chi connectivity index (χ3v) is 3.98. The van der Waals surface area contributed by atoms with Crippen LogP contribution in [0, 0.1) is 11.3 Å². The fourth-order valence-corrected chi connectivity index (χ4v) is 2.35. The van der Waals surface area contributed by atoms with E-state index in [1.54, 1.807) is 7.11 Å². The summed E-state index contributed by atoms with van der Waals surface area (Å²) in [6.45, 7) is 6.10. The summed E-state index contributed by atoms with van der Waals surface area (Å²) in [4.78, 5) is 11.8. The molecule has 1 amide bonds. The van der Waals surface area contributed by atoms with Gasteiger partial charge in [-0.3, -0.25) is 4.79 Å². The molecule has 2 aliphatic rings. The Hall–Kier alpha value is -0.610. The average molecular weight is 226 g/mol. The minimum absolute atomic E-state index is 0.0631. The Morgan fingerprint density at radius 1 is 1.56 bits per heavy atom. The van der Waals surface area contributed by atoms with Crippen molar-refractivity contribution >= 4 is 5.91 Å². The van der Waals surface area contributed by atoms with E-state index in [1.165, 1.54) is 6.42 Å². The Morgan fingerprint density at radius 2 is 2.25 bits per heavy atom. The second-order valence-corrected chi connectivity index (χ2v) is 5.69. The highest BCUT2D eigenvalue weighted by Crippen LogP contribution is 2.50. The van der Waals surface area contributed by atoms with E-state index >= 15 is 0 Å². The molecule has 3 unspecified atom stereocenters. The molecule has 1 saturated heterocycles. The molecule has 0 aromatic rings. The second kappa shape index (κ2) is 4.34. The first kappa shape index (κ1) is 11.9. The molecule has 92 valence electrons. The fraction of sp³-hybridized carbons (Fsp3) is 0.917. The van der Waals surface area contributed by atoms with Crippen LogP contribution in [0.2, 0.25) is 0 Å². The van der Waals surface area contributed by atoms with Crippen molar-refractivity contribution < 1.29 is 9.53 Å².